The van der Waals surface area contributed by atoms with Gasteiger partial charge in [-0.15, -0.1) is 0 Å². The molecule has 1 atom stereocenters. The number of allylic oxidation sites excluding steroid dienone is 1. The zero-order valence-corrected chi connectivity index (χ0v) is 10.2. The molecule has 0 bridgehead atoms. The van der Waals surface area contributed by atoms with Crippen LogP contribution in [0.4, 0.5) is 0 Å². The zero-order chi connectivity index (χ0) is 12.1. The Morgan fingerprint density at radius 1 is 1.62 bits per heavy atom. The Bertz CT molecular complexity index is 353. The maximum Gasteiger partial charge on any atom is 0.337 e. The van der Waals surface area contributed by atoms with Gasteiger partial charge in [-0.1, -0.05) is 18.2 Å². The quantitative estimate of drug-likeness (QED) is 0.448. The minimum atomic E-state index is -0.336. The molecule has 0 fully saturated rings. The number of likely N-dealkylation sites (N-methyl/N-ethyl adjacent to an activating group) is 1. The number of methoxy groups -OCH3 is 1. The van der Waals surface area contributed by atoms with Crippen LogP contribution in [-0.2, 0) is 9.53 Å². The van der Waals surface area contributed by atoms with Crippen LogP contribution < -0.4 is 5.32 Å². The number of hydrogen-bond donors (Lipinski definition) is 1. The molecule has 1 unspecified atom stereocenters. The summed E-state index contributed by atoms with van der Waals surface area (Å²) in [6, 6.07) is 0.333. The first kappa shape index (κ1) is 12.7. The summed E-state index contributed by atoms with van der Waals surface area (Å²) in [6.07, 6.45) is 5.57. The fraction of sp³-hybridized carbons (Fsp3) is 0.462. The molecule has 1 rings (SSSR count). The number of esters is 1. The SMILES string of the molecule is C=C/C(=C\C1=C(C)CCC1NC)C(=O)OC. The minimum absolute atomic E-state index is 0.333. The smallest absolute Gasteiger partial charge is 0.337 e. The van der Waals surface area contributed by atoms with Crippen LogP contribution in [0.25, 0.3) is 0 Å². The van der Waals surface area contributed by atoms with Crippen LogP contribution >= 0.6 is 0 Å². The molecule has 16 heavy (non-hydrogen) atoms. The van der Waals surface area contributed by atoms with E-state index in [9.17, 15) is 4.79 Å². The monoisotopic (exact) mass is 221 g/mol. The van der Waals surface area contributed by atoms with Crippen molar-refractivity contribution in [1.29, 1.82) is 0 Å². The van der Waals surface area contributed by atoms with Crippen molar-refractivity contribution in [2.45, 2.75) is 25.8 Å². The summed E-state index contributed by atoms with van der Waals surface area (Å²) >= 11 is 0. The topological polar surface area (TPSA) is 38.3 Å². The lowest BCUT2D eigenvalue weighted by Gasteiger charge is -2.11. The van der Waals surface area contributed by atoms with Crippen molar-refractivity contribution in [2.75, 3.05) is 14.2 Å². The van der Waals surface area contributed by atoms with E-state index in [1.165, 1.54) is 24.3 Å². The third-order valence-corrected chi connectivity index (χ3v) is 2.98. The van der Waals surface area contributed by atoms with Gasteiger partial charge in [0.1, 0.15) is 0 Å². The van der Waals surface area contributed by atoms with E-state index in [1.54, 1.807) is 0 Å². The maximum absolute atomic E-state index is 11.4. The summed E-state index contributed by atoms with van der Waals surface area (Å²) in [5, 5.41) is 3.24. The first-order chi connectivity index (χ1) is 7.63. The number of nitrogens with one attached hydrogen (secondary N) is 1. The molecule has 0 aromatic heterocycles. The molecule has 1 N–H and O–H groups in total. The van der Waals surface area contributed by atoms with Crippen LogP contribution in [0.2, 0.25) is 0 Å². The van der Waals surface area contributed by atoms with Gasteiger partial charge < -0.3 is 10.1 Å². The zero-order valence-electron chi connectivity index (χ0n) is 10.2. The molecule has 0 saturated heterocycles. The van der Waals surface area contributed by atoms with Crippen LogP contribution in [0.15, 0.2) is 35.5 Å². The third kappa shape index (κ3) is 2.61. The Kier molecular flexibility index (Phi) is 4.50. The molecule has 3 heteroatoms. The number of carbonyl (C=O) groups excluding carboxylic acids is 1. The van der Waals surface area contributed by atoms with Gasteiger partial charge in [0.05, 0.1) is 12.7 Å². The molecular formula is C13H19NO2. The Morgan fingerprint density at radius 3 is 2.81 bits per heavy atom. The predicted octanol–water partition coefficient (Wildman–Crippen LogP) is 1.97. The lowest BCUT2D eigenvalue weighted by Crippen LogP contribution is -2.24. The summed E-state index contributed by atoms with van der Waals surface area (Å²) in [6.45, 7) is 5.73. The number of rotatable bonds is 4. The molecule has 1 aliphatic carbocycles. The normalized spacial score (nSPS) is 21.2. The van der Waals surface area contributed by atoms with Crippen molar-refractivity contribution in [1.82, 2.24) is 5.32 Å². The summed E-state index contributed by atoms with van der Waals surface area (Å²) in [4.78, 5) is 11.4. The van der Waals surface area contributed by atoms with Crippen LogP contribution in [-0.4, -0.2) is 26.2 Å². The van der Waals surface area contributed by atoms with Crippen LogP contribution in [0, 0.1) is 0 Å². The number of carbonyl (C=O) groups is 1. The molecule has 3 nitrogen and oxygen atoms in total. The summed E-state index contributed by atoms with van der Waals surface area (Å²) < 4.78 is 4.70. The highest BCUT2D eigenvalue weighted by Crippen LogP contribution is 2.28. The lowest BCUT2D eigenvalue weighted by atomic mass is 10.0. The number of ether oxygens (including phenoxy) is 1. The molecule has 88 valence electrons. The van der Waals surface area contributed by atoms with Gasteiger partial charge in [-0.3, -0.25) is 0 Å². The summed E-state index contributed by atoms with van der Waals surface area (Å²) in [5.74, 6) is -0.336. The van der Waals surface area contributed by atoms with Crippen molar-refractivity contribution >= 4 is 5.97 Å². The fourth-order valence-electron chi connectivity index (χ4n) is 1.97. The van der Waals surface area contributed by atoms with Crippen LogP contribution in [0.1, 0.15) is 19.8 Å². The highest BCUT2D eigenvalue weighted by atomic mass is 16.5. The molecular weight excluding hydrogens is 202 g/mol. The van der Waals surface area contributed by atoms with E-state index in [1.807, 2.05) is 13.1 Å². The molecule has 0 radical (unpaired) electrons. The van der Waals surface area contributed by atoms with Crippen molar-refractivity contribution in [3.63, 3.8) is 0 Å². The maximum atomic E-state index is 11.4. The first-order valence-electron chi connectivity index (χ1n) is 5.43. The average Bonchev–Trinajstić information content (AvgIpc) is 2.66. The van der Waals surface area contributed by atoms with E-state index < -0.39 is 0 Å². The van der Waals surface area contributed by atoms with E-state index in [4.69, 9.17) is 4.74 Å². The van der Waals surface area contributed by atoms with E-state index in [0.717, 1.165) is 12.8 Å². The second-order valence-corrected chi connectivity index (χ2v) is 3.91. The van der Waals surface area contributed by atoms with Crippen molar-refractivity contribution < 1.29 is 9.53 Å². The molecule has 0 aliphatic heterocycles. The minimum Gasteiger partial charge on any atom is -0.465 e. The van der Waals surface area contributed by atoms with E-state index in [2.05, 4.69) is 18.8 Å². The largest absolute Gasteiger partial charge is 0.465 e. The summed E-state index contributed by atoms with van der Waals surface area (Å²) in [7, 11) is 3.31. The van der Waals surface area contributed by atoms with Gasteiger partial charge in [-0.05, 0) is 38.5 Å². The van der Waals surface area contributed by atoms with Crippen molar-refractivity contribution in [3.05, 3.63) is 35.5 Å². The van der Waals surface area contributed by atoms with Gasteiger partial charge in [0.15, 0.2) is 0 Å². The van der Waals surface area contributed by atoms with Gasteiger partial charge in [-0.25, -0.2) is 4.79 Å². The Morgan fingerprint density at radius 2 is 2.31 bits per heavy atom. The Labute approximate surface area is 96.9 Å². The van der Waals surface area contributed by atoms with E-state index >= 15 is 0 Å². The molecule has 0 heterocycles. The molecule has 0 amide bonds. The summed E-state index contributed by atoms with van der Waals surface area (Å²) in [5.41, 5.74) is 3.02. The van der Waals surface area contributed by atoms with Gasteiger partial charge in [0.25, 0.3) is 0 Å². The lowest BCUT2D eigenvalue weighted by molar-refractivity contribution is -0.135. The molecule has 0 spiro atoms. The van der Waals surface area contributed by atoms with Gasteiger partial charge in [-0.2, -0.15) is 0 Å². The average molecular weight is 221 g/mol. The van der Waals surface area contributed by atoms with Crippen molar-refractivity contribution in [2.24, 2.45) is 0 Å². The molecule has 0 saturated carbocycles. The second-order valence-electron chi connectivity index (χ2n) is 3.91. The molecule has 0 aromatic rings. The second kappa shape index (κ2) is 5.66. The molecule has 1 aliphatic rings. The van der Waals surface area contributed by atoms with Gasteiger partial charge in [0, 0.05) is 6.04 Å². The predicted molar refractivity (Wildman–Crippen MR) is 65.1 cm³/mol. The van der Waals surface area contributed by atoms with Gasteiger partial charge >= 0.3 is 5.97 Å². The third-order valence-electron chi connectivity index (χ3n) is 2.98. The van der Waals surface area contributed by atoms with E-state index in [-0.39, 0.29) is 5.97 Å². The Hall–Kier alpha value is -1.35. The first-order valence-corrected chi connectivity index (χ1v) is 5.43. The highest BCUT2D eigenvalue weighted by molar-refractivity contribution is 5.92. The van der Waals surface area contributed by atoms with Gasteiger partial charge in [0.2, 0.25) is 0 Å². The number of hydrogen-bond acceptors (Lipinski definition) is 3. The van der Waals surface area contributed by atoms with Crippen LogP contribution in [0.5, 0.6) is 0 Å². The van der Waals surface area contributed by atoms with E-state index in [0.29, 0.717) is 11.6 Å². The fourth-order valence-corrected chi connectivity index (χ4v) is 1.97. The van der Waals surface area contributed by atoms with Crippen molar-refractivity contribution in [3.8, 4) is 0 Å². The highest BCUT2D eigenvalue weighted by Gasteiger charge is 2.21. The molecule has 0 aromatic carbocycles. The Balaban J connectivity index is 3.00. The van der Waals surface area contributed by atoms with Crippen LogP contribution in [0.3, 0.4) is 0 Å². The standard InChI is InChI=1S/C13H19NO2/c1-5-10(13(15)16-4)8-11-9(2)6-7-12(11)14-3/h5,8,12,14H,1,6-7H2,2-4H3/b10-8+.